The topological polar surface area (TPSA) is 87.7 Å². The van der Waals surface area contributed by atoms with Crippen molar-refractivity contribution in [3.8, 4) is 11.5 Å². The van der Waals surface area contributed by atoms with Crippen LogP contribution in [0, 0.1) is 5.82 Å². The maximum absolute atomic E-state index is 13.8. The van der Waals surface area contributed by atoms with Crippen LogP contribution in [0.25, 0.3) is 0 Å². The molecule has 0 bridgehead atoms. The number of Topliss-reactive ketones (excluding diaryl/α,β-unsaturated/α-hetero) is 1. The third-order valence-electron chi connectivity index (χ3n) is 6.96. The van der Waals surface area contributed by atoms with E-state index in [1.165, 1.54) is 31.4 Å². The SMILES string of the molecule is COc1cc(C2C(C(=O)Nc3cccc(F)c3)=C(C)NC3=C2C(=O)CC(c2ccccc2)C3)ccc1O. The predicted octanol–water partition coefficient (Wildman–Crippen LogP) is 5.54. The number of ether oxygens (including phenoxy) is 1. The molecule has 5 rings (SSSR count). The number of hydrogen-bond donors (Lipinski definition) is 3. The second-order valence-electron chi connectivity index (χ2n) is 9.32. The minimum Gasteiger partial charge on any atom is -0.504 e. The van der Waals surface area contributed by atoms with E-state index in [4.69, 9.17) is 4.74 Å². The Bertz CT molecular complexity index is 1440. The largest absolute Gasteiger partial charge is 0.504 e. The molecule has 1 amide bonds. The fourth-order valence-corrected chi connectivity index (χ4v) is 5.27. The van der Waals surface area contributed by atoms with E-state index in [0.717, 1.165) is 11.3 Å². The highest BCUT2D eigenvalue weighted by molar-refractivity contribution is 6.10. The van der Waals surface area contributed by atoms with E-state index < -0.39 is 17.6 Å². The van der Waals surface area contributed by atoms with Gasteiger partial charge in [-0.2, -0.15) is 0 Å². The Kier molecular flexibility index (Phi) is 6.53. The number of carbonyl (C=O) groups is 2. The summed E-state index contributed by atoms with van der Waals surface area (Å²) in [5, 5.41) is 16.3. The summed E-state index contributed by atoms with van der Waals surface area (Å²) in [5.74, 6) is -1.44. The lowest BCUT2D eigenvalue weighted by molar-refractivity contribution is -0.116. The summed E-state index contributed by atoms with van der Waals surface area (Å²) in [4.78, 5) is 27.3. The summed E-state index contributed by atoms with van der Waals surface area (Å²) < 4.78 is 19.1. The molecule has 3 N–H and O–H groups in total. The van der Waals surface area contributed by atoms with Crippen molar-refractivity contribution in [3.05, 3.63) is 112 Å². The lowest BCUT2D eigenvalue weighted by Crippen LogP contribution is -2.37. The number of methoxy groups -OCH3 is 1. The van der Waals surface area contributed by atoms with Crippen molar-refractivity contribution in [2.75, 3.05) is 12.4 Å². The number of aromatic hydroxyl groups is 1. The number of ketones is 1. The van der Waals surface area contributed by atoms with Crippen molar-refractivity contribution >= 4 is 17.4 Å². The van der Waals surface area contributed by atoms with Crippen molar-refractivity contribution in [1.82, 2.24) is 5.32 Å². The minimum absolute atomic E-state index is 0.0189. The zero-order valence-corrected chi connectivity index (χ0v) is 20.5. The number of halogens is 1. The molecule has 0 saturated heterocycles. The van der Waals surface area contributed by atoms with Gasteiger partial charge in [-0.25, -0.2) is 4.39 Å². The van der Waals surface area contributed by atoms with E-state index in [-0.39, 0.29) is 23.2 Å². The Morgan fingerprint density at radius 1 is 1.03 bits per heavy atom. The fourth-order valence-electron chi connectivity index (χ4n) is 5.27. The second kappa shape index (κ2) is 9.93. The minimum atomic E-state index is -0.691. The van der Waals surface area contributed by atoms with Gasteiger partial charge in [-0.05, 0) is 60.7 Å². The van der Waals surface area contributed by atoms with Crippen LogP contribution in [0.3, 0.4) is 0 Å². The Hall–Kier alpha value is -4.39. The van der Waals surface area contributed by atoms with E-state index in [0.29, 0.717) is 40.9 Å². The molecular weight excluding hydrogens is 471 g/mol. The highest BCUT2D eigenvalue weighted by Gasteiger charge is 2.41. The molecule has 0 saturated carbocycles. The normalized spacial score (nSPS) is 19.3. The first-order chi connectivity index (χ1) is 17.9. The third kappa shape index (κ3) is 4.72. The number of phenolic OH excluding ortho intramolecular Hbond substituents is 1. The van der Waals surface area contributed by atoms with Crippen molar-refractivity contribution in [3.63, 3.8) is 0 Å². The highest BCUT2D eigenvalue weighted by Crippen LogP contribution is 2.46. The molecule has 37 heavy (non-hydrogen) atoms. The van der Waals surface area contributed by atoms with Gasteiger partial charge in [-0.3, -0.25) is 9.59 Å². The summed E-state index contributed by atoms with van der Waals surface area (Å²) in [7, 11) is 1.45. The molecule has 1 heterocycles. The Labute approximate surface area is 214 Å². The van der Waals surface area contributed by atoms with Crippen molar-refractivity contribution < 1.29 is 23.8 Å². The second-order valence-corrected chi connectivity index (χ2v) is 9.32. The number of benzene rings is 3. The summed E-state index contributed by atoms with van der Waals surface area (Å²) in [6.45, 7) is 1.80. The van der Waals surface area contributed by atoms with Crippen LogP contribution in [0.1, 0.15) is 42.7 Å². The van der Waals surface area contributed by atoms with Gasteiger partial charge >= 0.3 is 0 Å². The number of hydrogen-bond acceptors (Lipinski definition) is 5. The van der Waals surface area contributed by atoms with Gasteiger partial charge in [0.1, 0.15) is 5.82 Å². The lowest BCUT2D eigenvalue weighted by atomic mass is 9.71. The molecule has 2 aliphatic rings. The summed E-state index contributed by atoms with van der Waals surface area (Å²) >= 11 is 0. The molecule has 2 unspecified atom stereocenters. The van der Waals surface area contributed by atoms with Gasteiger partial charge in [-0.15, -0.1) is 0 Å². The smallest absolute Gasteiger partial charge is 0.254 e. The van der Waals surface area contributed by atoms with Crippen LogP contribution in [-0.4, -0.2) is 23.9 Å². The van der Waals surface area contributed by atoms with Gasteiger partial charge in [0, 0.05) is 40.6 Å². The molecule has 3 aromatic carbocycles. The van der Waals surface area contributed by atoms with Gasteiger partial charge in [0.25, 0.3) is 5.91 Å². The van der Waals surface area contributed by atoms with Gasteiger partial charge < -0.3 is 20.5 Å². The maximum Gasteiger partial charge on any atom is 0.254 e. The zero-order chi connectivity index (χ0) is 26.1. The molecule has 1 aliphatic carbocycles. The Morgan fingerprint density at radius 3 is 2.54 bits per heavy atom. The first-order valence-electron chi connectivity index (χ1n) is 12.1. The average molecular weight is 499 g/mol. The van der Waals surface area contributed by atoms with Crippen LogP contribution < -0.4 is 15.4 Å². The van der Waals surface area contributed by atoms with Crippen LogP contribution in [0.4, 0.5) is 10.1 Å². The third-order valence-corrected chi connectivity index (χ3v) is 6.96. The summed E-state index contributed by atoms with van der Waals surface area (Å²) in [6.07, 6.45) is 0.932. The predicted molar refractivity (Wildman–Crippen MR) is 139 cm³/mol. The van der Waals surface area contributed by atoms with E-state index in [2.05, 4.69) is 10.6 Å². The van der Waals surface area contributed by atoms with E-state index >= 15 is 0 Å². The quantitative estimate of drug-likeness (QED) is 0.430. The van der Waals surface area contributed by atoms with E-state index in [9.17, 15) is 19.1 Å². The number of allylic oxidation sites excluding steroid dienone is 3. The number of dihydropyridines is 1. The zero-order valence-electron chi connectivity index (χ0n) is 20.5. The Morgan fingerprint density at radius 2 is 1.81 bits per heavy atom. The van der Waals surface area contributed by atoms with Crippen LogP contribution in [0.5, 0.6) is 11.5 Å². The van der Waals surface area contributed by atoms with Crippen LogP contribution in [-0.2, 0) is 9.59 Å². The van der Waals surface area contributed by atoms with Crippen LogP contribution >= 0.6 is 0 Å². The summed E-state index contributed by atoms with van der Waals surface area (Å²) in [6, 6.07) is 20.4. The maximum atomic E-state index is 13.8. The Balaban J connectivity index is 1.59. The molecule has 7 heteroatoms. The van der Waals surface area contributed by atoms with E-state index in [1.54, 1.807) is 25.1 Å². The number of amides is 1. The van der Waals surface area contributed by atoms with Crippen LogP contribution in [0.2, 0.25) is 0 Å². The monoisotopic (exact) mass is 498 g/mol. The molecule has 0 aromatic heterocycles. The van der Waals surface area contributed by atoms with Gasteiger partial charge in [0.2, 0.25) is 0 Å². The molecule has 0 spiro atoms. The van der Waals surface area contributed by atoms with Crippen molar-refractivity contribution in [1.29, 1.82) is 0 Å². The van der Waals surface area contributed by atoms with Crippen molar-refractivity contribution in [2.24, 2.45) is 0 Å². The van der Waals surface area contributed by atoms with Crippen molar-refractivity contribution in [2.45, 2.75) is 31.6 Å². The number of nitrogens with one attached hydrogen (secondary N) is 2. The number of phenols is 1. The number of anilines is 1. The number of carbonyl (C=O) groups excluding carboxylic acids is 2. The lowest BCUT2D eigenvalue weighted by Gasteiger charge is -2.37. The average Bonchev–Trinajstić information content (AvgIpc) is 2.88. The molecule has 0 radical (unpaired) electrons. The molecule has 188 valence electrons. The highest BCUT2D eigenvalue weighted by atomic mass is 19.1. The fraction of sp³-hybridized carbons (Fsp3) is 0.200. The van der Waals surface area contributed by atoms with Gasteiger partial charge in [0.15, 0.2) is 17.3 Å². The first-order valence-corrected chi connectivity index (χ1v) is 12.1. The van der Waals surface area contributed by atoms with Gasteiger partial charge in [-0.1, -0.05) is 42.5 Å². The molecule has 3 aromatic rings. The molecule has 0 fully saturated rings. The number of rotatable bonds is 5. The molecule has 6 nitrogen and oxygen atoms in total. The molecular formula is C30H27FN2O4. The van der Waals surface area contributed by atoms with E-state index in [1.807, 2.05) is 30.3 Å². The standard InChI is InChI=1S/C30H27FN2O4/c1-17-27(30(36)33-22-10-6-9-21(31)16-22)28(19-11-12-24(34)26(15-19)37-2)29-23(32-17)13-20(14-25(29)35)18-7-4-3-5-8-18/h3-12,15-16,20,28,32,34H,13-14H2,1-2H3,(H,33,36). The molecule has 1 aliphatic heterocycles. The van der Waals surface area contributed by atoms with Gasteiger partial charge in [0.05, 0.1) is 7.11 Å². The first kappa shape index (κ1) is 24.3. The van der Waals surface area contributed by atoms with Crippen LogP contribution in [0.15, 0.2) is 95.3 Å². The summed E-state index contributed by atoms with van der Waals surface area (Å²) in [5.41, 5.74) is 4.29. The molecule has 2 atom stereocenters.